The van der Waals surface area contributed by atoms with E-state index < -0.39 is 0 Å². The molecule has 2 aromatic heterocycles. The molecule has 94 valence electrons. The first-order valence-corrected chi connectivity index (χ1v) is 6.72. The predicted molar refractivity (Wildman–Crippen MR) is 77.7 cm³/mol. The summed E-state index contributed by atoms with van der Waals surface area (Å²) in [6.07, 6.45) is 3.36. The van der Waals surface area contributed by atoms with E-state index in [-0.39, 0.29) is 0 Å². The summed E-state index contributed by atoms with van der Waals surface area (Å²) in [5, 5.41) is 2.89. The van der Waals surface area contributed by atoms with Crippen LogP contribution in [0, 0.1) is 6.92 Å². The number of aromatic nitrogens is 3. The lowest BCUT2D eigenvalue weighted by atomic mass is 10.2. The Labute approximate surface area is 115 Å². The molecule has 3 rings (SSSR count). The Bertz CT molecular complexity index is 661. The Morgan fingerprint density at radius 1 is 1.11 bits per heavy atom. The molecule has 0 bridgehead atoms. The van der Waals surface area contributed by atoms with Crippen molar-refractivity contribution in [3.05, 3.63) is 47.7 Å². The fourth-order valence-electron chi connectivity index (χ4n) is 1.86. The van der Waals surface area contributed by atoms with Gasteiger partial charge in [-0.3, -0.25) is 9.97 Å². The van der Waals surface area contributed by atoms with Gasteiger partial charge < -0.3 is 5.73 Å². The molecule has 0 aliphatic heterocycles. The van der Waals surface area contributed by atoms with E-state index in [9.17, 15) is 0 Å². The van der Waals surface area contributed by atoms with Gasteiger partial charge in [0.15, 0.2) is 0 Å². The molecule has 0 spiro atoms. The lowest BCUT2D eigenvalue weighted by Crippen LogP contribution is -1.92. The SMILES string of the molecule is Cc1nccnc1-c1csc(-c2ccccc2N)n1. The Kier molecular flexibility index (Phi) is 2.97. The number of hydrogen-bond donors (Lipinski definition) is 1. The van der Waals surface area contributed by atoms with Gasteiger partial charge in [0.2, 0.25) is 0 Å². The zero-order valence-electron chi connectivity index (χ0n) is 10.4. The minimum absolute atomic E-state index is 0.735. The molecule has 2 N–H and O–H groups in total. The molecule has 19 heavy (non-hydrogen) atoms. The van der Waals surface area contributed by atoms with Crippen LogP contribution >= 0.6 is 11.3 Å². The third-order valence-corrected chi connectivity index (χ3v) is 3.69. The molecule has 0 amide bonds. The molecule has 0 unspecified atom stereocenters. The molecule has 0 aliphatic rings. The number of nitrogens with two attached hydrogens (primary N) is 1. The summed E-state index contributed by atoms with van der Waals surface area (Å²) in [6.45, 7) is 1.93. The van der Waals surface area contributed by atoms with Crippen LogP contribution in [0.1, 0.15) is 5.69 Å². The fraction of sp³-hybridized carbons (Fsp3) is 0.0714. The average molecular weight is 268 g/mol. The monoisotopic (exact) mass is 268 g/mol. The second kappa shape index (κ2) is 4.78. The van der Waals surface area contributed by atoms with Gasteiger partial charge in [-0.1, -0.05) is 12.1 Å². The summed E-state index contributed by atoms with van der Waals surface area (Å²) in [6, 6.07) is 7.73. The maximum Gasteiger partial charge on any atom is 0.126 e. The van der Waals surface area contributed by atoms with Crippen molar-refractivity contribution in [2.24, 2.45) is 0 Å². The first-order chi connectivity index (χ1) is 9.25. The standard InChI is InChI=1S/C14H12N4S/c1-9-13(17-7-6-16-9)12-8-19-14(18-12)10-4-2-3-5-11(10)15/h2-8H,15H2,1H3. The summed E-state index contributed by atoms with van der Waals surface area (Å²) in [5.74, 6) is 0. The number of para-hydroxylation sites is 1. The van der Waals surface area contributed by atoms with Crippen molar-refractivity contribution >= 4 is 17.0 Å². The van der Waals surface area contributed by atoms with Crippen molar-refractivity contribution in [3.63, 3.8) is 0 Å². The molecular weight excluding hydrogens is 256 g/mol. The van der Waals surface area contributed by atoms with Crippen molar-refractivity contribution in [2.45, 2.75) is 6.92 Å². The number of hydrogen-bond acceptors (Lipinski definition) is 5. The van der Waals surface area contributed by atoms with Crippen LogP contribution in [0.15, 0.2) is 42.0 Å². The number of nitrogens with zero attached hydrogens (tertiary/aromatic N) is 3. The van der Waals surface area contributed by atoms with Crippen molar-refractivity contribution in [3.8, 4) is 22.0 Å². The summed E-state index contributed by atoms with van der Waals surface area (Å²) >= 11 is 1.56. The van der Waals surface area contributed by atoms with Crippen LogP contribution in [0.5, 0.6) is 0 Å². The maximum absolute atomic E-state index is 5.97. The van der Waals surface area contributed by atoms with Crippen LogP contribution in [-0.2, 0) is 0 Å². The summed E-state index contributed by atoms with van der Waals surface area (Å²) in [7, 11) is 0. The molecule has 0 aliphatic carbocycles. The van der Waals surface area contributed by atoms with Crippen molar-refractivity contribution in [1.82, 2.24) is 15.0 Å². The highest BCUT2D eigenvalue weighted by Crippen LogP contribution is 2.31. The highest BCUT2D eigenvalue weighted by atomic mass is 32.1. The minimum Gasteiger partial charge on any atom is -0.398 e. The summed E-state index contributed by atoms with van der Waals surface area (Å²) in [4.78, 5) is 13.2. The largest absolute Gasteiger partial charge is 0.398 e. The van der Waals surface area contributed by atoms with Crippen molar-refractivity contribution in [1.29, 1.82) is 0 Å². The second-order valence-corrected chi connectivity index (χ2v) is 4.97. The maximum atomic E-state index is 5.97. The number of thiazole rings is 1. The van der Waals surface area contributed by atoms with Crippen LogP contribution in [0.25, 0.3) is 22.0 Å². The van der Waals surface area contributed by atoms with E-state index in [0.29, 0.717) is 0 Å². The predicted octanol–water partition coefficient (Wildman–Crippen LogP) is 3.16. The smallest absolute Gasteiger partial charge is 0.126 e. The van der Waals surface area contributed by atoms with Gasteiger partial charge in [0.1, 0.15) is 16.4 Å². The van der Waals surface area contributed by atoms with Gasteiger partial charge in [0.25, 0.3) is 0 Å². The van der Waals surface area contributed by atoms with Crippen molar-refractivity contribution in [2.75, 3.05) is 5.73 Å². The summed E-state index contributed by atoms with van der Waals surface area (Å²) in [5.41, 5.74) is 10.2. The molecular formula is C14H12N4S. The quantitative estimate of drug-likeness (QED) is 0.725. The highest BCUT2D eigenvalue weighted by Gasteiger charge is 2.11. The number of nitrogen functional groups attached to an aromatic ring is 1. The molecule has 3 aromatic rings. The Balaban J connectivity index is 2.06. The van der Waals surface area contributed by atoms with E-state index in [1.807, 2.05) is 36.6 Å². The molecule has 5 heteroatoms. The number of benzene rings is 1. The fourth-order valence-corrected chi connectivity index (χ4v) is 2.71. The molecule has 4 nitrogen and oxygen atoms in total. The van der Waals surface area contributed by atoms with Crippen LogP contribution in [0.4, 0.5) is 5.69 Å². The molecule has 0 fully saturated rings. The van der Waals surface area contributed by atoms with E-state index in [4.69, 9.17) is 5.73 Å². The lowest BCUT2D eigenvalue weighted by Gasteiger charge is -2.01. The van der Waals surface area contributed by atoms with Gasteiger partial charge >= 0.3 is 0 Å². The van der Waals surface area contributed by atoms with E-state index in [2.05, 4.69) is 15.0 Å². The number of anilines is 1. The van der Waals surface area contributed by atoms with Crippen LogP contribution < -0.4 is 5.73 Å². The van der Waals surface area contributed by atoms with Crippen LogP contribution in [0.2, 0.25) is 0 Å². The Hall–Kier alpha value is -2.27. The topological polar surface area (TPSA) is 64.7 Å². The lowest BCUT2D eigenvalue weighted by molar-refractivity contribution is 1.11. The van der Waals surface area contributed by atoms with Gasteiger partial charge in [0, 0.05) is 29.0 Å². The molecule has 0 atom stereocenters. The second-order valence-electron chi connectivity index (χ2n) is 4.12. The highest BCUT2D eigenvalue weighted by molar-refractivity contribution is 7.13. The first kappa shape index (κ1) is 11.8. The van der Waals surface area contributed by atoms with Gasteiger partial charge in [-0.15, -0.1) is 11.3 Å². The Morgan fingerprint density at radius 3 is 2.68 bits per heavy atom. The first-order valence-electron chi connectivity index (χ1n) is 5.84. The molecule has 1 aromatic carbocycles. The number of aryl methyl sites for hydroxylation is 1. The van der Waals surface area contributed by atoms with E-state index >= 15 is 0 Å². The van der Waals surface area contributed by atoms with Gasteiger partial charge in [-0.2, -0.15) is 0 Å². The van der Waals surface area contributed by atoms with Gasteiger partial charge in [-0.05, 0) is 19.1 Å². The Morgan fingerprint density at radius 2 is 1.89 bits per heavy atom. The van der Waals surface area contributed by atoms with E-state index in [1.165, 1.54) is 0 Å². The molecule has 0 saturated carbocycles. The van der Waals surface area contributed by atoms with E-state index in [0.717, 1.165) is 33.3 Å². The normalized spacial score (nSPS) is 10.6. The van der Waals surface area contributed by atoms with Crippen LogP contribution in [0.3, 0.4) is 0 Å². The molecule has 0 saturated heterocycles. The average Bonchev–Trinajstić information content (AvgIpc) is 2.89. The zero-order valence-corrected chi connectivity index (χ0v) is 11.2. The van der Waals surface area contributed by atoms with Gasteiger partial charge in [0.05, 0.1) is 5.69 Å². The minimum atomic E-state index is 0.735. The third-order valence-electron chi connectivity index (χ3n) is 2.82. The van der Waals surface area contributed by atoms with Crippen molar-refractivity contribution < 1.29 is 0 Å². The summed E-state index contributed by atoms with van der Waals surface area (Å²) < 4.78 is 0. The van der Waals surface area contributed by atoms with E-state index in [1.54, 1.807) is 23.7 Å². The number of rotatable bonds is 2. The third kappa shape index (κ3) is 2.20. The zero-order chi connectivity index (χ0) is 13.2. The molecule has 2 heterocycles. The van der Waals surface area contributed by atoms with Gasteiger partial charge in [-0.25, -0.2) is 4.98 Å². The van der Waals surface area contributed by atoms with Crippen LogP contribution in [-0.4, -0.2) is 15.0 Å². The molecule has 0 radical (unpaired) electrons.